The molecule has 0 aliphatic carbocycles. The number of nitrogens with one attached hydrogen (secondary N) is 2. The maximum atomic E-state index is 12.1. The number of amides is 1. The van der Waals surface area contributed by atoms with Gasteiger partial charge in [0.1, 0.15) is 5.69 Å². The highest BCUT2D eigenvalue weighted by Gasteiger charge is 2.11. The minimum atomic E-state index is -0.398. The fourth-order valence-electron chi connectivity index (χ4n) is 2.05. The lowest BCUT2D eigenvalue weighted by molar-refractivity contribution is 0.0950. The van der Waals surface area contributed by atoms with Gasteiger partial charge in [-0.15, -0.1) is 0 Å². The lowest BCUT2D eigenvalue weighted by atomic mass is 10.1. The van der Waals surface area contributed by atoms with Crippen LogP contribution in [-0.2, 0) is 0 Å². The van der Waals surface area contributed by atoms with E-state index < -0.39 is 5.91 Å². The summed E-state index contributed by atoms with van der Waals surface area (Å²) in [5, 5.41) is 11.6. The molecule has 0 saturated heterocycles. The van der Waals surface area contributed by atoms with E-state index in [0.717, 1.165) is 15.6 Å². The Kier molecular flexibility index (Phi) is 5.53. The summed E-state index contributed by atoms with van der Waals surface area (Å²) in [4.78, 5) is 12.1. The van der Waals surface area contributed by atoms with Gasteiger partial charge >= 0.3 is 0 Å². The van der Waals surface area contributed by atoms with Gasteiger partial charge in [-0.25, -0.2) is 5.43 Å². The lowest BCUT2D eigenvalue weighted by Crippen LogP contribution is -2.17. The predicted octanol–water partition coefficient (Wildman–Crippen LogP) is 4.91. The Labute approximate surface area is 162 Å². The molecule has 2 N–H and O–H groups in total. The number of hydrazone groups is 1. The second-order valence-corrected chi connectivity index (χ2v) is 6.78. The van der Waals surface area contributed by atoms with Crippen LogP contribution in [0.4, 0.5) is 0 Å². The van der Waals surface area contributed by atoms with Crippen molar-refractivity contribution < 1.29 is 4.79 Å². The largest absolute Gasteiger partial charge is 0.289 e. The fourth-order valence-corrected chi connectivity index (χ4v) is 2.77. The molecular formula is C17H11BrCl2N4O. The molecule has 0 bridgehead atoms. The van der Waals surface area contributed by atoms with E-state index in [0.29, 0.717) is 15.7 Å². The molecule has 0 aliphatic heterocycles. The number of aromatic amines is 1. The van der Waals surface area contributed by atoms with Crippen LogP contribution in [0.5, 0.6) is 0 Å². The van der Waals surface area contributed by atoms with Gasteiger partial charge in [-0.05, 0) is 35.9 Å². The molecule has 1 amide bonds. The van der Waals surface area contributed by atoms with Crippen molar-refractivity contribution in [2.24, 2.45) is 5.10 Å². The van der Waals surface area contributed by atoms with Crippen LogP contribution >= 0.6 is 39.1 Å². The van der Waals surface area contributed by atoms with Gasteiger partial charge in [-0.3, -0.25) is 9.89 Å². The molecule has 3 aromatic rings. The number of rotatable bonds is 4. The molecule has 0 radical (unpaired) electrons. The molecule has 25 heavy (non-hydrogen) atoms. The molecule has 0 aliphatic rings. The molecule has 126 valence electrons. The smallest absolute Gasteiger partial charge is 0.272 e. The van der Waals surface area contributed by atoms with Crippen molar-refractivity contribution in [3.63, 3.8) is 0 Å². The molecule has 0 spiro atoms. The monoisotopic (exact) mass is 436 g/mol. The Bertz CT molecular complexity index is 955. The first-order chi connectivity index (χ1) is 12.0. The minimum absolute atomic E-state index is 0.285. The zero-order valence-corrected chi connectivity index (χ0v) is 15.7. The Morgan fingerprint density at radius 1 is 1.16 bits per heavy atom. The number of benzene rings is 2. The van der Waals surface area contributed by atoms with Crippen LogP contribution in [0, 0.1) is 0 Å². The minimum Gasteiger partial charge on any atom is -0.272 e. The van der Waals surface area contributed by atoms with Gasteiger partial charge in [0.25, 0.3) is 5.91 Å². The second kappa shape index (κ2) is 7.82. The van der Waals surface area contributed by atoms with Crippen molar-refractivity contribution in [3.8, 4) is 11.3 Å². The van der Waals surface area contributed by atoms with E-state index in [-0.39, 0.29) is 5.69 Å². The van der Waals surface area contributed by atoms with Crippen LogP contribution in [0.1, 0.15) is 16.1 Å². The molecule has 1 heterocycles. The highest BCUT2D eigenvalue weighted by molar-refractivity contribution is 9.10. The van der Waals surface area contributed by atoms with Crippen LogP contribution in [0.2, 0.25) is 10.0 Å². The Hall–Kier alpha value is -2.15. The van der Waals surface area contributed by atoms with Gasteiger partial charge in [0, 0.05) is 10.0 Å². The van der Waals surface area contributed by atoms with Crippen molar-refractivity contribution >= 4 is 51.3 Å². The van der Waals surface area contributed by atoms with Crippen molar-refractivity contribution in [1.29, 1.82) is 0 Å². The number of carbonyl (C=O) groups excluding carboxylic acids is 1. The molecule has 0 fully saturated rings. The van der Waals surface area contributed by atoms with Gasteiger partial charge in [0.05, 0.1) is 22.0 Å². The van der Waals surface area contributed by atoms with E-state index in [1.165, 1.54) is 0 Å². The number of H-pyrrole nitrogens is 1. The van der Waals surface area contributed by atoms with Gasteiger partial charge < -0.3 is 0 Å². The van der Waals surface area contributed by atoms with E-state index >= 15 is 0 Å². The molecular weight excluding hydrogens is 427 g/mol. The summed E-state index contributed by atoms with van der Waals surface area (Å²) in [7, 11) is 0. The zero-order chi connectivity index (χ0) is 17.8. The molecule has 8 heteroatoms. The van der Waals surface area contributed by atoms with Crippen molar-refractivity contribution in [2.45, 2.75) is 0 Å². The number of aromatic nitrogens is 2. The quantitative estimate of drug-likeness (QED) is 0.449. The molecule has 1 aromatic heterocycles. The van der Waals surface area contributed by atoms with Crippen LogP contribution in [0.25, 0.3) is 11.3 Å². The average Bonchev–Trinajstić information content (AvgIpc) is 3.07. The Balaban J connectivity index is 1.69. The summed E-state index contributed by atoms with van der Waals surface area (Å²) in [6.45, 7) is 0. The first kappa shape index (κ1) is 17.7. The highest BCUT2D eigenvalue weighted by atomic mass is 79.9. The Morgan fingerprint density at radius 3 is 2.76 bits per heavy atom. The number of hydrogen-bond donors (Lipinski definition) is 2. The van der Waals surface area contributed by atoms with Gasteiger partial charge in [-0.2, -0.15) is 10.2 Å². The molecule has 0 saturated carbocycles. The van der Waals surface area contributed by atoms with E-state index in [4.69, 9.17) is 23.2 Å². The van der Waals surface area contributed by atoms with Gasteiger partial charge in [0.15, 0.2) is 0 Å². The summed E-state index contributed by atoms with van der Waals surface area (Å²) in [5.41, 5.74) is 4.93. The topological polar surface area (TPSA) is 70.1 Å². The lowest BCUT2D eigenvalue weighted by Gasteiger charge is -1.99. The van der Waals surface area contributed by atoms with E-state index in [1.54, 1.807) is 30.5 Å². The van der Waals surface area contributed by atoms with Crippen LogP contribution in [-0.4, -0.2) is 22.3 Å². The SMILES string of the molecule is O=C(NN=Cc1cccc(Br)c1)c1cc(-c2ccc(Cl)c(Cl)c2)n[nH]1. The number of carbonyl (C=O) groups is 1. The van der Waals surface area contributed by atoms with E-state index in [1.807, 2.05) is 24.3 Å². The summed E-state index contributed by atoms with van der Waals surface area (Å²) in [6.07, 6.45) is 1.55. The average molecular weight is 438 g/mol. The normalized spacial score (nSPS) is 11.0. The van der Waals surface area contributed by atoms with E-state index in [2.05, 4.69) is 36.7 Å². The van der Waals surface area contributed by atoms with Crippen LogP contribution < -0.4 is 5.43 Å². The Morgan fingerprint density at radius 2 is 2.00 bits per heavy atom. The summed E-state index contributed by atoms with van der Waals surface area (Å²) < 4.78 is 0.933. The van der Waals surface area contributed by atoms with Crippen molar-refractivity contribution in [3.05, 3.63) is 74.3 Å². The third-order valence-electron chi connectivity index (χ3n) is 3.27. The van der Waals surface area contributed by atoms with Crippen LogP contribution in [0.3, 0.4) is 0 Å². The van der Waals surface area contributed by atoms with E-state index in [9.17, 15) is 4.79 Å². The number of hydrogen-bond acceptors (Lipinski definition) is 3. The standard InChI is InChI=1S/C17H11BrCl2N4O/c18-12-3-1-2-10(6-12)9-21-24-17(25)16-8-15(22-23-16)11-4-5-13(19)14(20)7-11/h1-9H,(H,22,23)(H,24,25). The van der Waals surface area contributed by atoms with Crippen molar-refractivity contribution in [2.75, 3.05) is 0 Å². The first-order valence-corrected chi connectivity index (χ1v) is 8.67. The maximum absolute atomic E-state index is 12.1. The molecule has 5 nitrogen and oxygen atoms in total. The molecule has 2 aromatic carbocycles. The summed E-state index contributed by atoms with van der Waals surface area (Å²) >= 11 is 15.3. The van der Waals surface area contributed by atoms with Gasteiger partial charge in [-0.1, -0.05) is 57.3 Å². The number of nitrogens with zero attached hydrogens (tertiary/aromatic N) is 2. The van der Waals surface area contributed by atoms with Gasteiger partial charge in [0.2, 0.25) is 0 Å². The second-order valence-electron chi connectivity index (χ2n) is 5.05. The predicted molar refractivity (Wildman–Crippen MR) is 103 cm³/mol. The molecule has 0 unspecified atom stereocenters. The maximum Gasteiger partial charge on any atom is 0.289 e. The summed E-state index contributed by atoms with van der Waals surface area (Å²) in [5.74, 6) is -0.398. The molecule has 3 rings (SSSR count). The zero-order valence-electron chi connectivity index (χ0n) is 12.6. The van der Waals surface area contributed by atoms with Crippen LogP contribution in [0.15, 0.2) is 58.1 Å². The summed E-state index contributed by atoms with van der Waals surface area (Å²) in [6, 6.07) is 14.3. The first-order valence-electron chi connectivity index (χ1n) is 7.13. The van der Waals surface area contributed by atoms with Crippen molar-refractivity contribution in [1.82, 2.24) is 15.6 Å². The fraction of sp³-hybridized carbons (Fsp3) is 0. The highest BCUT2D eigenvalue weighted by Crippen LogP contribution is 2.27. The molecule has 0 atom stereocenters. The third-order valence-corrected chi connectivity index (χ3v) is 4.50. The third kappa shape index (κ3) is 4.48. The number of halogens is 3.